The Balaban J connectivity index is 3.13. The van der Waals surface area contributed by atoms with E-state index < -0.39 is 0 Å². The van der Waals surface area contributed by atoms with Gasteiger partial charge in [-0.25, -0.2) is 4.39 Å². The average Bonchev–Trinajstić information content (AvgIpc) is 2.17. The molecule has 0 aromatic heterocycles. The molecule has 0 unspecified atom stereocenters. The number of anilines is 1. The summed E-state index contributed by atoms with van der Waals surface area (Å²) in [7, 11) is 0. The first-order chi connectivity index (χ1) is 7.08. The summed E-state index contributed by atoms with van der Waals surface area (Å²) in [6, 6.07) is 6.68. The van der Waals surface area contributed by atoms with E-state index in [4.69, 9.17) is 5.26 Å². The first-order valence-corrected chi connectivity index (χ1v) is 5.05. The van der Waals surface area contributed by atoms with Gasteiger partial charge in [0.05, 0.1) is 11.6 Å². The van der Waals surface area contributed by atoms with Crippen molar-refractivity contribution >= 4 is 5.69 Å². The molecule has 2 nitrogen and oxygen atoms in total. The molecule has 0 radical (unpaired) electrons. The van der Waals surface area contributed by atoms with Crippen LogP contribution in [0, 0.1) is 17.1 Å². The lowest BCUT2D eigenvalue weighted by Crippen LogP contribution is -2.30. The van der Waals surface area contributed by atoms with Crippen molar-refractivity contribution in [1.82, 2.24) is 0 Å². The van der Waals surface area contributed by atoms with E-state index in [0.717, 1.165) is 12.2 Å². The number of halogens is 1. The molecule has 0 aliphatic rings. The standard InChI is InChI=1S/C12H15FN2/c1-4-15(9(2)3)12-6-10(8-14)5-11(13)7-12/h5-7,9H,4H2,1-3H3. The molecule has 0 aliphatic carbocycles. The van der Waals surface area contributed by atoms with Gasteiger partial charge in [0.1, 0.15) is 5.82 Å². The van der Waals surface area contributed by atoms with Gasteiger partial charge in [-0.1, -0.05) is 0 Å². The first-order valence-electron chi connectivity index (χ1n) is 5.05. The van der Waals surface area contributed by atoms with Gasteiger partial charge in [0, 0.05) is 18.3 Å². The number of rotatable bonds is 3. The van der Waals surface area contributed by atoms with E-state index in [0.29, 0.717) is 11.6 Å². The van der Waals surface area contributed by atoms with Crippen LogP contribution >= 0.6 is 0 Å². The minimum atomic E-state index is -0.358. The SMILES string of the molecule is CCN(c1cc(F)cc(C#N)c1)C(C)C. The van der Waals surface area contributed by atoms with Crippen LogP contribution in [0.2, 0.25) is 0 Å². The number of nitriles is 1. The van der Waals surface area contributed by atoms with Gasteiger partial charge >= 0.3 is 0 Å². The molecule has 0 aliphatic heterocycles. The van der Waals surface area contributed by atoms with E-state index in [1.54, 1.807) is 6.07 Å². The fraction of sp³-hybridized carbons (Fsp3) is 0.417. The maximum Gasteiger partial charge on any atom is 0.126 e. The molecule has 0 heterocycles. The van der Waals surface area contributed by atoms with Crippen LogP contribution in [-0.4, -0.2) is 12.6 Å². The fourth-order valence-corrected chi connectivity index (χ4v) is 1.65. The van der Waals surface area contributed by atoms with E-state index in [9.17, 15) is 4.39 Å². The Kier molecular flexibility index (Phi) is 3.68. The van der Waals surface area contributed by atoms with Crippen LogP contribution < -0.4 is 4.90 Å². The third-order valence-electron chi connectivity index (χ3n) is 2.31. The van der Waals surface area contributed by atoms with E-state index in [1.807, 2.05) is 31.7 Å². The lowest BCUT2D eigenvalue weighted by molar-refractivity contribution is 0.623. The fourth-order valence-electron chi connectivity index (χ4n) is 1.65. The van der Waals surface area contributed by atoms with Crippen molar-refractivity contribution in [2.24, 2.45) is 0 Å². The molecule has 0 bridgehead atoms. The largest absolute Gasteiger partial charge is 0.369 e. The van der Waals surface area contributed by atoms with Gasteiger partial charge in [-0.2, -0.15) is 5.26 Å². The minimum absolute atomic E-state index is 0.295. The summed E-state index contributed by atoms with van der Waals surface area (Å²) in [5, 5.41) is 8.74. The van der Waals surface area contributed by atoms with E-state index >= 15 is 0 Å². The van der Waals surface area contributed by atoms with Gasteiger partial charge in [-0.05, 0) is 39.0 Å². The Morgan fingerprint density at radius 3 is 2.53 bits per heavy atom. The number of hydrogen-bond donors (Lipinski definition) is 0. The van der Waals surface area contributed by atoms with E-state index in [2.05, 4.69) is 0 Å². The predicted octanol–water partition coefficient (Wildman–Crippen LogP) is 2.93. The monoisotopic (exact) mass is 206 g/mol. The second-order valence-corrected chi connectivity index (χ2v) is 3.69. The summed E-state index contributed by atoms with van der Waals surface area (Å²) in [6.45, 7) is 6.89. The molecule has 3 heteroatoms. The van der Waals surface area contributed by atoms with Crippen molar-refractivity contribution < 1.29 is 4.39 Å². The molecular formula is C12H15FN2. The molecular weight excluding hydrogens is 191 g/mol. The Bertz CT molecular complexity index is 380. The third-order valence-corrected chi connectivity index (χ3v) is 2.31. The average molecular weight is 206 g/mol. The highest BCUT2D eigenvalue weighted by Crippen LogP contribution is 2.20. The quantitative estimate of drug-likeness (QED) is 0.760. The molecule has 80 valence electrons. The van der Waals surface area contributed by atoms with E-state index in [1.165, 1.54) is 12.1 Å². The Morgan fingerprint density at radius 1 is 1.40 bits per heavy atom. The summed E-state index contributed by atoms with van der Waals surface area (Å²) in [5.74, 6) is -0.358. The van der Waals surface area contributed by atoms with Gasteiger partial charge in [-0.15, -0.1) is 0 Å². The van der Waals surface area contributed by atoms with Gasteiger partial charge < -0.3 is 4.90 Å². The second kappa shape index (κ2) is 4.79. The van der Waals surface area contributed by atoms with Crippen molar-refractivity contribution in [1.29, 1.82) is 5.26 Å². The molecule has 0 spiro atoms. The maximum atomic E-state index is 13.2. The Labute approximate surface area is 89.9 Å². The van der Waals surface area contributed by atoms with Crippen molar-refractivity contribution in [3.63, 3.8) is 0 Å². The molecule has 0 N–H and O–H groups in total. The van der Waals surface area contributed by atoms with Crippen LogP contribution in [0.4, 0.5) is 10.1 Å². The molecule has 1 aromatic rings. The van der Waals surface area contributed by atoms with Crippen molar-refractivity contribution in [2.45, 2.75) is 26.8 Å². The van der Waals surface area contributed by atoms with Crippen LogP contribution in [0.3, 0.4) is 0 Å². The van der Waals surface area contributed by atoms with Gasteiger partial charge in [0.15, 0.2) is 0 Å². The molecule has 0 amide bonds. The topological polar surface area (TPSA) is 27.0 Å². The lowest BCUT2D eigenvalue weighted by atomic mass is 10.1. The van der Waals surface area contributed by atoms with Gasteiger partial charge in [-0.3, -0.25) is 0 Å². The molecule has 15 heavy (non-hydrogen) atoms. The smallest absolute Gasteiger partial charge is 0.126 e. The van der Waals surface area contributed by atoms with Crippen LogP contribution in [0.1, 0.15) is 26.3 Å². The highest BCUT2D eigenvalue weighted by atomic mass is 19.1. The molecule has 0 saturated heterocycles. The Morgan fingerprint density at radius 2 is 2.07 bits per heavy atom. The second-order valence-electron chi connectivity index (χ2n) is 3.69. The molecule has 0 saturated carbocycles. The van der Waals surface area contributed by atoms with Crippen LogP contribution in [0.25, 0.3) is 0 Å². The third kappa shape index (κ3) is 2.69. The zero-order valence-electron chi connectivity index (χ0n) is 9.29. The van der Waals surface area contributed by atoms with Crippen molar-refractivity contribution in [3.05, 3.63) is 29.6 Å². The molecule has 1 rings (SSSR count). The zero-order valence-corrected chi connectivity index (χ0v) is 9.29. The normalized spacial score (nSPS) is 10.1. The minimum Gasteiger partial charge on any atom is -0.369 e. The van der Waals surface area contributed by atoms with Crippen LogP contribution in [0.5, 0.6) is 0 Å². The maximum absolute atomic E-state index is 13.2. The van der Waals surface area contributed by atoms with E-state index in [-0.39, 0.29) is 5.82 Å². The summed E-state index contributed by atoms with van der Waals surface area (Å²) < 4.78 is 13.2. The van der Waals surface area contributed by atoms with Crippen molar-refractivity contribution in [3.8, 4) is 6.07 Å². The van der Waals surface area contributed by atoms with Gasteiger partial charge in [0.25, 0.3) is 0 Å². The molecule has 0 fully saturated rings. The molecule has 1 aromatic carbocycles. The summed E-state index contributed by atoms with van der Waals surface area (Å²) in [4.78, 5) is 2.05. The number of hydrogen-bond acceptors (Lipinski definition) is 2. The highest BCUT2D eigenvalue weighted by molar-refractivity contribution is 5.52. The summed E-state index contributed by atoms with van der Waals surface area (Å²) >= 11 is 0. The number of benzene rings is 1. The van der Waals surface area contributed by atoms with Crippen LogP contribution in [-0.2, 0) is 0 Å². The predicted molar refractivity (Wildman–Crippen MR) is 59.3 cm³/mol. The molecule has 0 atom stereocenters. The number of nitrogens with zero attached hydrogens (tertiary/aromatic N) is 2. The Hall–Kier alpha value is -1.56. The van der Waals surface area contributed by atoms with Gasteiger partial charge in [0.2, 0.25) is 0 Å². The summed E-state index contributed by atoms with van der Waals surface area (Å²) in [6.07, 6.45) is 0. The van der Waals surface area contributed by atoms with Crippen LogP contribution in [0.15, 0.2) is 18.2 Å². The summed E-state index contributed by atoms with van der Waals surface area (Å²) in [5.41, 5.74) is 1.13. The first kappa shape index (κ1) is 11.5. The van der Waals surface area contributed by atoms with Crippen molar-refractivity contribution in [2.75, 3.05) is 11.4 Å². The lowest BCUT2D eigenvalue weighted by Gasteiger charge is -2.27. The zero-order chi connectivity index (χ0) is 11.4. The highest BCUT2D eigenvalue weighted by Gasteiger charge is 2.10.